The van der Waals surface area contributed by atoms with Gasteiger partial charge in [-0.25, -0.2) is 0 Å². The normalized spacial score (nSPS) is 14.1. The summed E-state index contributed by atoms with van der Waals surface area (Å²) in [6.45, 7) is -0.696. The molecule has 1 aromatic carbocycles. The molecule has 8 nitrogen and oxygen atoms in total. The molecule has 2 rings (SSSR count). The number of carbonyl (C=O) groups excluding carboxylic acids is 4. The van der Waals surface area contributed by atoms with Crippen molar-refractivity contribution in [1.82, 2.24) is 10.6 Å². The molecule has 1 aliphatic carbocycles. The average Bonchev–Trinajstić information content (AvgIpc) is 2.71. The van der Waals surface area contributed by atoms with E-state index in [1.165, 1.54) is 7.05 Å². The van der Waals surface area contributed by atoms with Crippen molar-refractivity contribution in [2.75, 3.05) is 25.5 Å². The first-order valence-electron chi connectivity index (χ1n) is 9.05. The Labute approximate surface area is 158 Å². The molecule has 3 amide bonds. The summed E-state index contributed by atoms with van der Waals surface area (Å²) < 4.78 is 4.86. The third-order valence-corrected chi connectivity index (χ3v) is 4.41. The van der Waals surface area contributed by atoms with Crippen LogP contribution < -0.4 is 16.0 Å². The molecule has 0 bridgehead atoms. The summed E-state index contributed by atoms with van der Waals surface area (Å²) in [7, 11) is 1.53. The number of amides is 3. The lowest BCUT2D eigenvalue weighted by Gasteiger charge is -2.20. The monoisotopic (exact) mass is 375 g/mol. The van der Waals surface area contributed by atoms with Crippen molar-refractivity contribution in [2.45, 2.75) is 32.1 Å². The zero-order valence-corrected chi connectivity index (χ0v) is 15.4. The smallest absolute Gasteiger partial charge is 0.325 e. The standard InChI is InChI=1S/C19H25N3O5/c1-20-18(25)14-7-9-15(10-8-14)22-16(23)12-27-17(24)11-21-19(26)13-5-3-2-4-6-13/h7-10,13H,2-6,11-12H2,1H3,(H,20,25)(H,21,26)(H,22,23). The van der Waals surface area contributed by atoms with Crippen molar-refractivity contribution in [3.63, 3.8) is 0 Å². The van der Waals surface area contributed by atoms with Crippen LogP contribution in [-0.2, 0) is 19.1 Å². The van der Waals surface area contributed by atoms with Crippen molar-refractivity contribution in [2.24, 2.45) is 5.92 Å². The van der Waals surface area contributed by atoms with Gasteiger partial charge in [0.25, 0.3) is 11.8 Å². The van der Waals surface area contributed by atoms with Crippen LogP contribution in [0.5, 0.6) is 0 Å². The molecule has 27 heavy (non-hydrogen) atoms. The number of hydrogen-bond acceptors (Lipinski definition) is 5. The van der Waals surface area contributed by atoms with Crippen molar-refractivity contribution >= 4 is 29.4 Å². The molecule has 0 spiro atoms. The van der Waals surface area contributed by atoms with E-state index >= 15 is 0 Å². The van der Waals surface area contributed by atoms with Crippen LogP contribution in [0.4, 0.5) is 5.69 Å². The van der Waals surface area contributed by atoms with Gasteiger partial charge in [0.15, 0.2) is 6.61 Å². The third kappa shape index (κ3) is 6.73. The van der Waals surface area contributed by atoms with Crippen molar-refractivity contribution < 1.29 is 23.9 Å². The summed E-state index contributed by atoms with van der Waals surface area (Å²) in [6.07, 6.45) is 4.92. The predicted octanol–water partition coefficient (Wildman–Crippen LogP) is 1.22. The molecule has 146 valence electrons. The van der Waals surface area contributed by atoms with E-state index in [1.54, 1.807) is 24.3 Å². The van der Waals surface area contributed by atoms with Gasteiger partial charge < -0.3 is 20.7 Å². The Kier molecular flexibility index (Phi) is 7.79. The molecule has 0 saturated heterocycles. The van der Waals surface area contributed by atoms with Crippen molar-refractivity contribution in [3.8, 4) is 0 Å². The lowest BCUT2D eigenvalue weighted by Crippen LogP contribution is -2.36. The number of benzene rings is 1. The second kappa shape index (κ2) is 10.3. The van der Waals surface area contributed by atoms with Gasteiger partial charge in [0.1, 0.15) is 6.54 Å². The van der Waals surface area contributed by atoms with Gasteiger partial charge in [-0.2, -0.15) is 0 Å². The number of esters is 1. The minimum absolute atomic E-state index is 0.0346. The van der Waals surface area contributed by atoms with Crippen LogP contribution in [0.15, 0.2) is 24.3 Å². The number of hydrogen-bond donors (Lipinski definition) is 3. The molecule has 1 fully saturated rings. The number of rotatable bonds is 7. The highest BCUT2D eigenvalue weighted by molar-refractivity contribution is 5.96. The van der Waals surface area contributed by atoms with Gasteiger partial charge in [0, 0.05) is 24.2 Å². The molecule has 1 aromatic rings. The van der Waals surface area contributed by atoms with Crippen LogP contribution in [0.1, 0.15) is 42.5 Å². The van der Waals surface area contributed by atoms with E-state index in [0.717, 1.165) is 32.1 Å². The fraction of sp³-hybridized carbons (Fsp3) is 0.474. The number of ether oxygens (including phenoxy) is 1. The van der Waals surface area contributed by atoms with E-state index in [1.807, 2.05) is 0 Å². The second-order valence-electron chi connectivity index (χ2n) is 6.42. The van der Waals surface area contributed by atoms with Crippen molar-refractivity contribution in [3.05, 3.63) is 29.8 Å². The molecule has 0 aliphatic heterocycles. The van der Waals surface area contributed by atoms with E-state index in [-0.39, 0.29) is 24.3 Å². The lowest BCUT2D eigenvalue weighted by atomic mass is 9.89. The number of carbonyl (C=O) groups is 4. The Hall–Kier alpha value is -2.90. The van der Waals surface area contributed by atoms with E-state index in [9.17, 15) is 19.2 Å². The van der Waals surface area contributed by atoms with Gasteiger partial charge in [0.2, 0.25) is 5.91 Å². The molecule has 1 aliphatic rings. The highest BCUT2D eigenvalue weighted by atomic mass is 16.5. The maximum atomic E-state index is 12.0. The van der Waals surface area contributed by atoms with Gasteiger partial charge >= 0.3 is 5.97 Å². The van der Waals surface area contributed by atoms with Crippen LogP contribution >= 0.6 is 0 Å². The van der Waals surface area contributed by atoms with Gasteiger partial charge in [-0.15, -0.1) is 0 Å². The highest BCUT2D eigenvalue weighted by Crippen LogP contribution is 2.23. The zero-order valence-electron chi connectivity index (χ0n) is 15.4. The molecule has 0 atom stereocenters. The Morgan fingerprint density at radius 2 is 1.70 bits per heavy atom. The number of anilines is 1. The SMILES string of the molecule is CNC(=O)c1ccc(NC(=O)COC(=O)CNC(=O)C2CCCCC2)cc1. The predicted molar refractivity (Wildman–Crippen MR) is 99.0 cm³/mol. The molecule has 0 unspecified atom stereocenters. The first kappa shape index (κ1) is 20.4. The fourth-order valence-corrected chi connectivity index (χ4v) is 2.91. The fourth-order valence-electron chi connectivity index (χ4n) is 2.91. The number of nitrogens with one attached hydrogen (secondary N) is 3. The minimum atomic E-state index is -0.663. The molecular formula is C19H25N3O5. The Balaban J connectivity index is 1.67. The van der Waals surface area contributed by atoms with Crippen LogP contribution in [0.2, 0.25) is 0 Å². The summed E-state index contributed by atoms with van der Waals surface area (Å²) in [4.78, 5) is 46.9. The molecule has 0 radical (unpaired) electrons. The first-order valence-corrected chi connectivity index (χ1v) is 9.05. The van der Waals surface area contributed by atoms with Crippen LogP contribution in [0.3, 0.4) is 0 Å². The van der Waals surface area contributed by atoms with E-state index < -0.39 is 18.5 Å². The first-order chi connectivity index (χ1) is 13.0. The highest BCUT2D eigenvalue weighted by Gasteiger charge is 2.21. The lowest BCUT2D eigenvalue weighted by molar-refractivity contribution is -0.147. The van der Waals surface area contributed by atoms with Gasteiger partial charge in [-0.3, -0.25) is 19.2 Å². The quantitative estimate of drug-likeness (QED) is 0.620. The van der Waals surface area contributed by atoms with E-state index in [2.05, 4.69) is 16.0 Å². The van der Waals surface area contributed by atoms with Crippen LogP contribution in [0, 0.1) is 5.92 Å². The summed E-state index contributed by atoms with van der Waals surface area (Å²) in [5.74, 6) is -1.56. The maximum absolute atomic E-state index is 12.0. The second-order valence-corrected chi connectivity index (χ2v) is 6.42. The maximum Gasteiger partial charge on any atom is 0.325 e. The summed E-state index contributed by atoms with van der Waals surface area (Å²) in [5.41, 5.74) is 0.949. The molecular weight excluding hydrogens is 350 g/mol. The third-order valence-electron chi connectivity index (χ3n) is 4.41. The van der Waals surface area contributed by atoms with E-state index in [0.29, 0.717) is 11.3 Å². The van der Waals surface area contributed by atoms with Gasteiger partial charge in [0.05, 0.1) is 0 Å². The Morgan fingerprint density at radius 1 is 1.04 bits per heavy atom. The van der Waals surface area contributed by atoms with Crippen LogP contribution in [-0.4, -0.2) is 43.9 Å². The van der Waals surface area contributed by atoms with Gasteiger partial charge in [-0.1, -0.05) is 19.3 Å². The average molecular weight is 375 g/mol. The topological polar surface area (TPSA) is 114 Å². The summed E-state index contributed by atoms with van der Waals surface area (Å²) in [6, 6.07) is 6.30. The minimum Gasteiger partial charge on any atom is -0.454 e. The molecule has 0 heterocycles. The zero-order chi connectivity index (χ0) is 19.6. The Morgan fingerprint density at radius 3 is 2.33 bits per heavy atom. The molecule has 1 saturated carbocycles. The van der Waals surface area contributed by atoms with E-state index in [4.69, 9.17) is 4.74 Å². The van der Waals surface area contributed by atoms with Gasteiger partial charge in [-0.05, 0) is 37.1 Å². The van der Waals surface area contributed by atoms with Crippen LogP contribution in [0.25, 0.3) is 0 Å². The van der Waals surface area contributed by atoms with Crippen molar-refractivity contribution in [1.29, 1.82) is 0 Å². The molecule has 0 aromatic heterocycles. The largest absolute Gasteiger partial charge is 0.454 e. The Bertz CT molecular complexity index is 681. The summed E-state index contributed by atoms with van der Waals surface area (Å²) in [5, 5.41) is 7.63. The summed E-state index contributed by atoms with van der Waals surface area (Å²) >= 11 is 0. The molecule has 3 N–H and O–H groups in total. The molecule has 8 heteroatoms.